The average molecular weight is 336 g/mol. The molecule has 1 fully saturated rings. The lowest BCUT2D eigenvalue weighted by molar-refractivity contribution is 0.0767. The third-order valence-electron chi connectivity index (χ3n) is 4.23. The predicted octanol–water partition coefficient (Wildman–Crippen LogP) is 2.48. The summed E-state index contributed by atoms with van der Waals surface area (Å²) in [5, 5.41) is 0.728. The summed E-state index contributed by atoms with van der Waals surface area (Å²) < 4.78 is 11.0. The van der Waals surface area contributed by atoms with E-state index in [0.717, 1.165) is 5.39 Å². The van der Waals surface area contributed by atoms with Crippen LogP contribution in [0.25, 0.3) is 11.0 Å². The molecule has 1 unspecified atom stereocenters. The van der Waals surface area contributed by atoms with Gasteiger partial charge in [0.25, 0.3) is 5.91 Å². The van der Waals surface area contributed by atoms with Crippen molar-refractivity contribution in [1.82, 2.24) is 9.88 Å². The van der Waals surface area contributed by atoms with Gasteiger partial charge in [-0.2, -0.15) is 0 Å². The summed E-state index contributed by atoms with van der Waals surface area (Å²) in [4.78, 5) is 30.6. The summed E-state index contributed by atoms with van der Waals surface area (Å²) in [7, 11) is 0. The Morgan fingerprint density at radius 1 is 1.20 bits per heavy atom. The lowest BCUT2D eigenvalue weighted by Gasteiger charge is -2.16. The molecular weight excluding hydrogens is 320 g/mol. The second kappa shape index (κ2) is 6.39. The Balaban J connectivity index is 1.52. The summed E-state index contributed by atoms with van der Waals surface area (Å²) in [6, 6.07) is 14.2. The summed E-state index contributed by atoms with van der Waals surface area (Å²) in [5.74, 6) is 0.207. The molecule has 3 aromatic rings. The van der Waals surface area contributed by atoms with Crippen molar-refractivity contribution in [3.8, 4) is 5.88 Å². The number of nitrogens with zero attached hydrogens (tertiary/aromatic N) is 2. The number of likely N-dealkylation sites (tertiary alicyclic amines) is 1. The molecule has 1 atom stereocenters. The van der Waals surface area contributed by atoms with Crippen molar-refractivity contribution in [3.63, 3.8) is 0 Å². The third-order valence-corrected chi connectivity index (χ3v) is 4.23. The van der Waals surface area contributed by atoms with Crippen LogP contribution in [0.4, 0.5) is 0 Å². The van der Waals surface area contributed by atoms with Gasteiger partial charge in [0.05, 0.1) is 6.54 Å². The van der Waals surface area contributed by atoms with E-state index in [4.69, 9.17) is 9.15 Å². The van der Waals surface area contributed by atoms with E-state index in [1.165, 1.54) is 0 Å². The molecular formula is C19H16N2O4. The Morgan fingerprint density at radius 2 is 2.04 bits per heavy atom. The lowest BCUT2D eigenvalue weighted by Crippen LogP contribution is -2.33. The van der Waals surface area contributed by atoms with Crippen molar-refractivity contribution in [2.45, 2.75) is 12.5 Å². The zero-order chi connectivity index (χ0) is 17.2. The van der Waals surface area contributed by atoms with Crippen molar-refractivity contribution in [2.75, 3.05) is 13.1 Å². The normalized spacial score (nSPS) is 17.0. The quantitative estimate of drug-likeness (QED) is 0.687. The van der Waals surface area contributed by atoms with Gasteiger partial charge in [0, 0.05) is 30.6 Å². The molecule has 1 aliphatic heterocycles. The number of para-hydroxylation sites is 1. The molecule has 4 rings (SSSR count). The van der Waals surface area contributed by atoms with Gasteiger partial charge in [-0.1, -0.05) is 24.3 Å². The summed E-state index contributed by atoms with van der Waals surface area (Å²) in [6.45, 7) is 0.949. The predicted molar refractivity (Wildman–Crippen MR) is 91.7 cm³/mol. The van der Waals surface area contributed by atoms with Crippen molar-refractivity contribution in [3.05, 3.63) is 70.7 Å². The van der Waals surface area contributed by atoms with Crippen LogP contribution < -0.4 is 10.4 Å². The van der Waals surface area contributed by atoms with Crippen LogP contribution in [0.1, 0.15) is 16.8 Å². The Hall–Kier alpha value is -3.15. The summed E-state index contributed by atoms with van der Waals surface area (Å²) in [6.07, 6.45) is 2.22. The standard InChI is InChI=1S/C19H16N2O4/c22-18(15-11-13-5-1-2-6-16(13)25-19(15)23)21-10-8-14(12-21)24-17-7-3-4-9-20-17/h1-7,9,11,14H,8,10,12H2. The molecule has 0 spiro atoms. The van der Waals surface area contributed by atoms with E-state index < -0.39 is 5.63 Å². The zero-order valence-electron chi connectivity index (χ0n) is 13.4. The van der Waals surface area contributed by atoms with E-state index in [0.29, 0.717) is 31.0 Å². The van der Waals surface area contributed by atoms with Crippen molar-refractivity contribution in [2.24, 2.45) is 0 Å². The highest BCUT2D eigenvalue weighted by atomic mass is 16.5. The zero-order valence-corrected chi connectivity index (χ0v) is 13.4. The van der Waals surface area contributed by atoms with E-state index in [1.54, 1.807) is 35.4 Å². The van der Waals surface area contributed by atoms with Gasteiger partial charge in [0.2, 0.25) is 5.88 Å². The van der Waals surface area contributed by atoms with Crippen LogP contribution in [-0.4, -0.2) is 35.0 Å². The fourth-order valence-corrected chi connectivity index (χ4v) is 2.98. The Bertz CT molecular complexity index is 968. The maximum Gasteiger partial charge on any atom is 0.349 e. The van der Waals surface area contributed by atoms with E-state index in [9.17, 15) is 9.59 Å². The second-order valence-electron chi connectivity index (χ2n) is 5.93. The van der Waals surface area contributed by atoms with Crippen LogP contribution in [0.15, 0.2) is 63.9 Å². The Labute approximate surface area is 143 Å². The molecule has 0 saturated carbocycles. The molecule has 1 saturated heterocycles. The molecule has 1 aromatic carbocycles. The number of ether oxygens (including phenoxy) is 1. The maximum atomic E-state index is 12.7. The summed E-state index contributed by atoms with van der Waals surface area (Å²) in [5.41, 5.74) is -0.0863. The molecule has 2 aromatic heterocycles. The number of pyridine rings is 1. The molecule has 6 heteroatoms. The van der Waals surface area contributed by atoms with E-state index in [1.807, 2.05) is 24.3 Å². The lowest BCUT2D eigenvalue weighted by atomic mass is 10.1. The first-order valence-electron chi connectivity index (χ1n) is 8.10. The molecule has 126 valence electrons. The maximum absolute atomic E-state index is 12.7. The molecule has 25 heavy (non-hydrogen) atoms. The van der Waals surface area contributed by atoms with Gasteiger partial charge in [-0.15, -0.1) is 0 Å². The Morgan fingerprint density at radius 3 is 2.88 bits per heavy atom. The van der Waals surface area contributed by atoms with Gasteiger partial charge in [-0.3, -0.25) is 4.79 Å². The number of hydrogen-bond acceptors (Lipinski definition) is 5. The summed E-state index contributed by atoms with van der Waals surface area (Å²) >= 11 is 0. The minimum absolute atomic E-state index is 0.0530. The highest BCUT2D eigenvalue weighted by molar-refractivity contribution is 5.96. The van der Waals surface area contributed by atoms with E-state index in [-0.39, 0.29) is 17.6 Å². The number of amides is 1. The molecule has 0 N–H and O–H groups in total. The van der Waals surface area contributed by atoms with Crippen LogP contribution in [0.3, 0.4) is 0 Å². The average Bonchev–Trinajstić information content (AvgIpc) is 3.10. The first-order chi connectivity index (χ1) is 12.2. The fourth-order valence-electron chi connectivity index (χ4n) is 2.98. The van der Waals surface area contributed by atoms with Gasteiger partial charge in [-0.25, -0.2) is 9.78 Å². The van der Waals surface area contributed by atoms with Gasteiger partial charge in [0.15, 0.2) is 0 Å². The fraction of sp³-hybridized carbons (Fsp3) is 0.211. The Kier molecular flexibility index (Phi) is 3.93. The molecule has 0 bridgehead atoms. The van der Waals surface area contributed by atoms with E-state index >= 15 is 0 Å². The van der Waals surface area contributed by atoms with Crippen LogP contribution >= 0.6 is 0 Å². The first-order valence-corrected chi connectivity index (χ1v) is 8.10. The van der Waals surface area contributed by atoms with Crippen LogP contribution in [0, 0.1) is 0 Å². The molecule has 0 aliphatic carbocycles. The molecule has 3 heterocycles. The highest BCUT2D eigenvalue weighted by Crippen LogP contribution is 2.19. The van der Waals surface area contributed by atoms with E-state index in [2.05, 4.69) is 4.98 Å². The van der Waals surface area contributed by atoms with Gasteiger partial charge in [-0.05, 0) is 18.2 Å². The largest absolute Gasteiger partial charge is 0.472 e. The van der Waals surface area contributed by atoms with Crippen LogP contribution in [0.5, 0.6) is 5.88 Å². The number of carbonyl (C=O) groups is 1. The first kappa shape index (κ1) is 15.4. The SMILES string of the molecule is O=C(c1cc2ccccc2oc1=O)N1CCC(Oc2ccccn2)C1. The number of carbonyl (C=O) groups excluding carboxylic acids is 1. The number of fused-ring (bicyclic) bond motifs is 1. The van der Waals surface area contributed by atoms with Gasteiger partial charge >= 0.3 is 5.63 Å². The molecule has 1 aliphatic rings. The number of benzene rings is 1. The number of aromatic nitrogens is 1. The molecule has 6 nitrogen and oxygen atoms in total. The second-order valence-corrected chi connectivity index (χ2v) is 5.93. The minimum atomic E-state index is -0.613. The van der Waals surface area contributed by atoms with Crippen LogP contribution in [0.2, 0.25) is 0 Å². The van der Waals surface area contributed by atoms with Crippen LogP contribution in [-0.2, 0) is 0 Å². The minimum Gasteiger partial charge on any atom is -0.472 e. The third kappa shape index (κ3) is 3.10. The number of rotatable bonds is 3. The van der Waals surface area contributed by atoms with Gasteiger partial charge in [0.1, 0.15) is 17.3 Å². The molecule has 1 amide bonds. The topological polar surface area (TPSA) is 72.6 Å². The van der Waals surface area contributed by atoms with Crippen molar-refractivity contribution >= 4 is 16.9 Å². The van der Waals surface area contributed by atoms with Crippen molar-refractivity contribution < 1.29 is 13.9 Å². The smallest absolute Gasteiger partial charge is 0.349 e. The van der Waals surface area contributed by atoms with Gasteiger partial charge < -0.3 is 14.1 Å². The van der Waals surface area contributed by atoms with Crippen molar-refractivity contribution in [1.29, 1.82) is 0 Å². The molecule has 0 radical (unpaired) electrons. The number of hydrogen-bond donors (Lipinski definition) is 0. The monoisotopic (exact) mass is 336 g/mol. The highest BCUT2D eigenvalue weighted by Gasteiger charge is 2.30.